The average molecular weight is 429 g/mol. The zero-order valence-electron chi connectivity index (χ0n) is 20.8. The summed E-state index contributed by atoms with van der Waals surface area (Å²) < 4.78 is 1.48. The van der Waals surface area contributed by atoms with Crippen LogP contribution in [0.3, 0.4) is 0 Å². The van der Waals surface area contributed by atoms with Gasteiger partial charge in [-0.3, -0.25) is 9.59 Å². The van der Waals surface area contributed by atoms with Crippen LogP contribution in [0.25, 0.3) is 0 Å². The van der Waals surface area contributed by atoms with Gasteiger partial charge < -0.3 is 24.7 Å². The highest BCUT2D eigenvalue weighted by molar-refractivity contribution is 5.92. The summed E-state index contributed by atoms with van der Waals surface area (Å²) in [4.78, 5) is 23.8. The fourth-order valence-corrected chi connectivity index (χ4v) is 3.59. The van der Waals surface area contributed by atoms with E-state index in [1.165, 1.54) is 0 Å². The summed E-state index contributed by atoms with van der Waals surface area (Å²) in [7, 11) is 10.5. The quantitative estimate of drug-likeness (QED) is 0.210. The molecule has 0 saturated carbocycles. The van der Waals surface area contributed by atoms with Crippen LogP contribution in [0.2, 0.25) is 0 Å². The van der Waals surface area contributed by atoms with Crippen molar-refractivity contribution in [2.24, 2.45) is 5.41 Å². The zero-order chi connectivity index (χ0) is 23.6. The molecule has 0 bridgehead atoms. The molecule has 7 nitrogen and oxygen atoms in total. The smallest absolute Gasteiger partial charge is 0.246 e. The van der Waals surface area contributed by atoms with E-state index in [1.54, 1.807) is 6.92 Å². The van der Waals surface area contributed by atoms with Crippen LogP contribution >= 0.6 is 0 Å². The molecule has 0 aliphatic heterocycles. The van der Waals surface area contributed by atoms with E-state index in [2.05, 4.69) is 66.3 Å². The number of quaternary nitrogens is 2. The third-order valence-corrected chi connectivity index (χ3v) is 5.07. The van der Waals surface area contributed by atoms with Gasteiger partial charge in [0, 0.05) is 31.5 Å². The molecule has 2 amide bonds. The lowest BCUT2D eigenvalue weighted by Crippen LogP contribution is -2.51. The van der Waals surface area contributed by atoms with Crippen LogP contribution in [0.1, 0.15) is 46.5 Å². The second kappa shape index (κ2) is 12.4. The van der Waals surface area contributed by atoms with Crippen LogP contribution in [0, 0.1) is 5.41 Å². The predicted molar refractivity (Wildman–Crippen MR) is 124 cm³/mol. The number of carbonyl (C=O) groups is 2. The van der Waals surface area contributed by atoms with Gasteiger partial charge in [0.2, 0.25) is 11.8 Å². The molecular formula is C23H48N4O3+2. The van der Waals surface area contributed by atoms with Gasteiger partial charge in [0.25, 0.3) is 0 Å². The second-order valence-electron chi connectivity index (χ2n) is 11.2. The lowest BCUT2D eigenvalue weighted by atomic mass is 9.84. The summed E-state index contributed by atoms with van der Waals surface area (Å²) in [6.45, 7) is 13.1. The highest BCUT2D eigenvalue weighted by Gasteiger charge is 2.25. The number of hydrogen-bond acceptors (Lipinski definition) is 3. The van der Waals surface area contributed by atoms with Crippen LogP contribution < -0.4 is 10.6 Å². The Balaban J connectivity index is 4.11. The molecule has 1 atom stereocenters. The Morgan fingerprint density at radius 1 is 1.00 bits per heavy atom. The van der Waals surface area contributed by atoms with Gasteiger partial charge in [-0.25, -0.2) is 0 Å². The first-order valence-corrected chi connectivity index (χ1v) is 11.0. The normalized spacial score (nSPS) is 13.6. The summed E-state index contributed by atoms with van der Waals surface area (Å²) in [5, 5.41) is 16.2. The molecule has 0 aliphatic carbocycles. The number of nitrogens with zero attached hydrogens (tertiary/aromatic N) is 2. The van der Waals surface area contributed by atoms with Gasteiger partial charge in [-0.15, -0.1) is 0 Å². The van der Waals surface area contributed by atoms with Crippen LogP contribution in [0.5, 0.6) is 0 Å². The fourth-order valence-electron chi connectivity index (χ4n) is 3.59. The van der Waals surface area contributed by atoms with Gasteiger partial charge in [-0.05, 0) is 25.2 Å². The number of likely N-dealkylation sites (N-methyl/N-ethyl adjacent to an activating group) is 2. The Hall–Kier alpha value is -1.44. The number of hydrogen-bond donors (Lipinski definition) is 3. The lowest BCUT2D eigenvalue weighted by Gasteiger charge is -2.34. The first-order chi connectivity index (χ1) is 13.5. The van der Waals surface area contributed by atoms with E-state index in [0.717, 1.165) is 41.3 Å². The summed E-state index contributed by atoms with van der Waals surface area (Å²) in [5.41, 5.74) is 0.404. The Kier molecular flexibility index (Phi) is 11.8. The molecule has 0 aromatic rings. The summed E-state index contributed by atoms with van der Waals surface area (Å²) in [5.74, 6) is -0.0433. The molecule has 176 valence electrons. The molecule has 0 rings (SSSR count). The fraction of sp³-hybridized carbons (Fsp3) is 0.826. The highest BCUT2D eigenvalue weighted by atomic mass is 16.3. The number of amides is 2. The van der Waals surface area contributed by atoms with Crippen molar-refractivity contribution in [3.8, 4) is 0 Å². The number of aliphatic hydroxyl groups excluding tert-OH is 1. The van der Waals surface area contributed by atoms with Gasteiger partial charge in [0.1, 0.15) is 13.1 Å². The van der Waals surface area contributed by atoms with Gasteiger partial charge in [0.15, 0.2) is 6.10 Å². The molecule has 3 N–H and O–H groups in total. The Morgan fingerprint density at radius 3 is 2.10 bits per heavy atom. The van der Waals surface area contributed by atoms with Crippen molar-refractivity contribution in [2.45, 2.75) is 52.6 Å². The van der Waals surface area contributed by atoms with Crippen LogP contribution in [-0.2, 0) is 9.59 Å². The number of aliphatic hydroxyl groups is 1. The van der Waals surface area contributed by atoms with Gasteiger partial charge in [-0.1, -0.05) is 20.4 Å². The van der Waals surface area contributed by atoms with Crippen molar-refractivity contribution < 1.29 is 23.7 Å². The van der Waals surface area contributed by atoms with E-state index >= 15 is 0 Å². The summed E-state index contributed by atoms with van der Waals surface area (Å²) in [6.07, 6.45) is 2.71. The van der Waals surface area contributed by atoms with Crippen molar-refractivity contribution in [3.05, 3.63) is 12.2 Å². The maximum Gasteiger partial charge on any atom is 0.246 e. The molecule has 30 heavy (non-hydrogen) atoms. The largest absolute Gasteiger partial charge is 0.382 e. The molecule has 7 heteroatoms. The molecule has 0 aromatic carbocycles. The molecule has 0 spiro atoms. The summed E-state index contributed by atoms with van der Waals surface area (Å²) in [6, 6.07) is 0. The molecule has 1 unspecified atom stereocenters. The van der Waals surface area contributed by atoms with Crippen LogP contribution in [0.15, 0.2) is 12.2 Å². The molecule has 0 saturated heterocycles. The van der Waals surface area contributed by atoms with E-state index in [4.69, 9.17) is 0 Å². The maximum absolute atomic E-state index is 12.3. The number of nitrogens with one attached hydrogen (secondary N) is 2. The predicted octanol–water partition coefficient (Wildman–Crippen LogP) is 1.53. The minimum absolute atomic E-state index is 0.0707. The molecular weight excluding hydrogens is 380 g/mol. The first-order valence-electron chi connectivity index (χ1n) is 11.0. The number of carbonyl (C=O) groups excluding carboxylic acids is 2. The summed E-state index contributed by atoms with van der Waals surface area (Å²) >= 11 is 0. The minimum Gasteiger partial charge on any atom is -0.382 e. The van der Waals surface area contributed by atoms with Crippen LogP contribution in [0.4, 0.5) is 0 Å². The van der Waals surface area contributed by atoms with Crippen molar-refractivity contribution in [3.63, 3.8) is 0 Å². The minimum atomic E-state index is -0.337. The maximum atomic E-state index is 12.3. The molecule has 0 aliphatic rings. The van der Waals surface area contributed by atoms with E-state index in [1.807, 2.05) is 0 Å². The molecule has 0 heterocycles. The number of rotatable bonds is 15. The topological polar surface area (TPSA) is 78.4 Å². The standard InChI is InChI=1S/C23H46N4O3/c1-19(2)22(30)25-13-10-12-23(3,4)16-21(29)24-14-11-15-27(8,9)18-20(28)17-26(5,6)7/h20,28H,1,10-18H2,2-9H3/p+2. The average Bonchev–Trinajstić information content (AvgIpc) is 2.52. The van der Waals surface area contributed by atoms with E-state index in [9.17, 15) is 14.7 Å². The lowest BCUT2D eigenvalue weighted by molar-refractivity contribution is -0.907. The van der Waals surface area contributed by atoms with E-state index < -0.39 is 0 Å². The van der Waals surface area contributed by atoms with Crippen molar-refractivity contribution in [1.82, 2.24) is 10.6 Å². The van der Waals surface area contributed by atoms with Crippen molar-refractivity contribution in [1.29, 1.82) is 0 Å². The Labute approximate surface area is 184 Å². The van der Waals surface area contributed by atoms with Crippen molar-refractivity contribution in [2.75, 3.05) is 68.0 Å². The zero-order valence-corrected chi connectivity index (χ0v) is 20.8. The van der Waals surface area contributed by atoms with E-state index in [0.29, 0.717) is 31.6 Å². The molecule has 0 aromatic heterocycles. The SMILES string of the molecule is C=C(C)C(=O)NCCCC(C)(C)CC(=O)NCCC[N+](C)(C)CC(O)C[N+](C)(C)C. The highest BCUT2D eigenvalue weighted by Crippen LogP contribution is 2.26. The molecule has 0 fully saturated rings. The Bertz CT molecular complexity index is 565. The third kappa shape index (κ3) is 15.4. The first kappa shape index (κ1) is 28.6. The van der Waals surface area contributed by atoms with Gasteiger partial charge in [0.05, 0.1) is 41.8 Å². The Morgan fingerprint density at radius 2 is 1.57 bits per heavy atom. The monoisotopic (exact) mass is 428 g/mol. The van der Waals surface area contributed by atoms with Crippen LogP contribution in [-0.4, -0.2) is 100.0 Å². The van der Waals surface area contributed by atoms with Gasteiger partial charge in [-0.2, -0.15) is 0 Å². The third-order valence-electron chi connectivity index (χ3n) is 5.07. The van der Waals surface area contributed by atoms with E-state index in [-0.39, 0.29) is 23.3 Å². The second-order valence-corrected chi connectivity index (χ2v) is 11.2. The van der Waals surface area contributed by atoms with Gasteiger partial charge >= 0.3 is 0 Å². The molecule has 0 radical (unpaired) electrons. The van der Waals surface area contributed by atoms with Crippen molar-refractivity contribution >= 4 is 11.8 Å².